The van der Waals surface area contributed by atoms with E-state index in [-0.39, 0.29) is 25.7 Å². The van der Waals surface area contributed by atoms with Gasteiger partial charge in [0, 0.05) is 25.7 Å². The summed E-state index contributed by atoms with van der Waals surface area (Å²) in [6.45, 7) is 4.53. The van der Waals surface area contributed by atoms with E-state index in [1.165, 1.54) is 77.0 Å². The quantitative estimate of drug-likeness (QED) is 0.0169. The van der Waals surface area contributed by atoms with Crippen molar-refractivity contribution in [1.82, 2.24) is 0 Å². The summed E-state index contributed by atoms with van der Waals surface area (Å²) >= 11 is 0. The molecule has 0 saturated carbocycles. The molecule has 0 saturated heterocycles. The Labute approximate surface area is 643 Å². The molecule has 17 nitrogen and oxygen atoms in total. The summed E-state index contributed by atoms with van der Waals surface area (Å²) in [5.41, 5.74) is 0. The van der Waals surface area contributed by atoms with Gasteiger partial charge in [-0.2, -0.15) is 0 Å². The molecule has 0 aromatic carbocycles. The van der Waals surface area contributed by atoms with E-state index in [0.717, 1.165) is 161 Å². The third kappa shape index (κ3) is 77.1. The van der Waals surface area contributed by atoms with Gasteiger partial charge in [0.05, 0.1) is 26.4 Å². The summed E-state index contributed by atoms with van der Waals surface area (Å²) in [5.74, 6) is -2.30. The zero-order chi connectivity index (χ0) is 77.4. The van der Waals surface area contributed by atoms with E-state index in [1.54, 1.807) is 0 Å². The van der Waals surface area contributed by atoms with Crippen LogP contribution in [0.1, 0.15) is 323 Å². The molecule has 0 spiro atoms. The zero-order valence-electron chi connectivity index (χ0n) is 66.3. The molecule has 5 unspecified atom stereocenters. The highest BCUT2D eigenvalue weighted by Crippen LogP contribution is 2.45. The normalized spacial score (nSPS) is 14.6. The summed E-state index contributed by atoms with van der Waals surface area (Å²) in [6.07, 6.45) is 89.7. The Morgan fingerprint density at radius 3 is 0.811 bits per heavy atom. The van der Waals surface area contributed by atoms with Crippen LogP contribution in [0.2, 0.25) is 0 Å². The maximum absolute atomic E-state index is 13.1. The SMILES string of the molecule is CC/C=C\C/C=C\C/C=C\C/C=C\C/C=C\CCCCCC(=O)OCC(COP(=O)(O)OCC(O)COP(=O)(O)OCC(COC(=O)CCC/C=C\C/C=C\C/C=C\C/C=C\C/C=C\CC)OC(=O)CCCCCCC/C=C\CCCCCCCC)OC(=O)CCCCCCC/C=C\CCCCCCCC. The first-order valence-electron chi connectivity index (χ1n) is 41.1. The minimum absolute atomic E-state index is 0.0689. The monoisotopic (exact) mass is 1530 g/mol. The van der Waals surface area contributed by atoms with Crippen molar-refractivity contribution in [2.75, 3.05) is 39.6 Å². The Balaban J connectivity index is 5.46. The number of phosphoric ester groups is 2. The summed E-state index contributed by atoms with van der Waals surface area (Å²) in [5, 5.41) is 10.7. The molecule has 0 amide bonds. The van der Waals surface area contributed by atoms with Crippen molar-refractivity contribution in [2.24, 2.45) is 0 Å². The molecule has 0 aromatic rings. The average Bonchev–Trinajstić information content (AvgIpc) is 0.909. The molecule has 106 heavy (non-hydrogen) atoms. The minimum Gasteiger partial charge on any atom is -0.462 e. The number of phosphoric acid groups is 2. The van der Waals surface area contributed by atoms with Gasteiger partial charge in [0.2, 0.25) is 0 Å². The number of hydrogen-bond acceptors (Lipinski definition) is 15. The van der Waals surface area contributed by atoms with Gasteiger partial charge in [0.25, 0.3) is 0 Å². The van der Waals surface area contributed by atoms with E-state index >= 15 is 0 Å². The number of unbranched alkanes of at least 4 members (excludes halogenated alkanes) is 26. The molecule has 0 bridgehead atoms. The Hall–Kier alpha value is -5.06. The zero-order valence-corrected chi connectivity index (χ0v) is 68.1. The lowest BCUT2D eigenvalue weighted by Gasteiger charge is -2.21. The highest BCUT2D eigenvalue weighted by atomic mass is 31.2. The van der Waals surface area contributed by atoms with Gasteiger partial charge in [0.1, 0.15) is 19.3 Å². The van der Waals surface area contributed by atoms with Crippen molar-refractivity contribution >= 4 is 39.5 Å². The van der Waals surface area contributed by atoms with Crippen LogP contribution in [0, 0.1) is 0 Å². The number of hydrogen-bond donors (Lipinski definition) is 3. The molecule has 0 rings (SSSR count). The second kappa shape index (κ2) is 78.1. The van der Waals surface area contributed by atoms with Crippen molar-refractivity contribution in [1.29, 1.82) is 0 Å². The lowest BCUT2D eigenvalue weighted by Crippen LogP contribution is -2.30. The third-order valence-electron chi connectivity index (χ3n) is 16.8. The number of aliphatic hydroxyl groups excluding tert-OH is 1. The predicted molar refractivity (Wildman–Crippen MR) is 436 cm³/mol. The third-order valence-corrected chi connectivity index (χ3v) is 18.7. The van der Waals surface area contributed by atoms with Gasteiger partial charge in [-0.1, -0.05) is 283 Å². The molecule has 0 aliphatic rings. The van der Waals surface area contributed by atoms with Crippen LogP contribution in [0.25, 0.3) is 0 Å². The molecule has 0 radical (unpaired) electrons. The number of esters is 4. The van der Waals surface area contributed by atoms with Crippen LogP contribution in [-0.4, -0.2) is 96.7 Å². The summed E-state index contributed by atoms with van der Waals surface area (Å²) in [7, 11) is -10.00. The molecule has 5 atom stereocenters. The van der Waals surface area contributed by atoms with Crippen LogP contribution in [-0.2, 0) is 65.4 Å². The van der Waals surface area contributed by atoms with Gasteiger partial charge in [-0.25, -0.2) is 9.13 Å². The summed E-state index contributed by atoms with van der Waals surface area (Å²) in [6, 6.07) is 0. The summed E-state index contributed by atoms with van der Waals surface area (Å²) < 4.78 is 68.6. The highest BCUT2D eigenvalue weighted by Gasteiger charge is 2.30. The number of allylic oxidation sites excluding steroid dienone is 24. The fourth-order valence-corrected chi connectivity index (χ4v) is 12.1. The molecule has 19 heteroatoms. The van der Waals surface area contributed by atoms with Crippen molar-refractivity contribution in [2.45, 2.75) is 341 Å². The number of ether oxygens (including phenoxy) is 4. The molecule has 606 valence electrons. The lowest BCUT2D eigenvalue weighted by atomic mass is 10.1. The average molecular weight is 1530 g/mol. The number of carbonyl (C=O) groups excluding carboxylic acids is 4. The summed E-state index contributed by atoms with van der Waals surface area (Å²) in [4.78, 5) is 73.1. The fourth-order valence-electron chi connectivity index (χ4n) is 10.6. The van der Waals surface area contributed by atoms with Gasteiger partial charge < -0.3 is 33.8 Å². The molecule has 0 aliphatic heterocycles. The molecular formula is C87H146O17P2. The number of rotatable bonds is 76. The van der Waals surface area contributed by atoms with Crippen molar-refractivity contribution < 1.29 is 80.2 Å². The lowest BCUT2D eigenvalue weighted by molar-refractivity contribution is -0.161. The van der Waals surface area contributed by atoms with Gasteiger partial charge in [-0.3, -0.25) is 37.3 Å². The molecular weight excluding hydrogens is 1380 g/mol. The van der Waals surface area contributed by atoms with Crippen LogP contribution in [0.15, 0.2) is 146 Å². The van der Waals surface area contributed by atoms with Crippen LogP contribution in [0.5, 0.6) is 0 Å². The van der Waals surface area contributed by atoms with Gasteiger partial charge in [-0.15, -0.1) is 0 Å². The fraction of sp³-hybridized carbons (Fsp3) is 0.678. The standard InChI is InChI=1S/C87H146O17P2/c1-5-9-13-17-21-25-29-33-37-39-40-42-46-48-52-56-60-64-68-72-85(90)98-78-83(104-87(92)74-70-66-62-58-54-50-44-36-32-28-24-20-16-12-8-4)80-102-106(95,96)100-76-81(88)75-99-105(93,94)101-79-82(103-86(91)73-69-65-61-57-53-49-43-35-31-27-23-19-15-11-7-3)77-97-84(89)71-67-63-59-55-51-47-45-41-38-34-30-26-22-18-14-10-6-2/h9-10,13-14,21-22,25-26,33-38,40,42-45,47-48,52,55,59,81-83,88H,5-8,11-12,15-20,23-24,27-32,39,41,46,49-51,53-54,56-58,60-80H2,1-4H3,(H,93,94)(H,95,96)/b13-9-,14-10-,25-21-,26-22-,37-33-,38-34-,42-40-,43-35-,44-36-,47-45-,52-48-,59-55-. The van der Waals surface area contributed by atoms with Crippen LogP contribution >= 0.6 is 15.6 Å². The molecule has 3 N–H and O–H groups in total. The maximum atomic E-state index is 13.1. The molecule has 0 aromatic heterocycles. The van der Waals surface area contributed by atoms with Crippen LogP contribution < -0.4 is 0 Å². The molecule has 0 heterocycles. The van der Waals surface area contributed by atoms with E-state index in [9.17, 15) is 43.2 Å². The first-order valence-corrected chi connectivity index (χ1v) is 44.1. The Morgan fingerprint density at radius 1 is 0.274 bits per heavy atom. The van der Waals surface area contributed by atoms with E-state index in [4.69, 9.17) is 37.0 Å². The topological polar surface area (TPSA) is 237 Å². The maximum Gasteiger partial charge on any atom is 0.472 e. The van der Waals surface area contributed by atoms with E-state index < -0.39 is 97.5 Å². The number of aliphatic hydroxyl groups is 1. The van der Waals surface area contributed by atoms with E-state index in [0.29, 0.717) is 32.1 Å². The van der Waals surface area contributed by atoms with E-state index in [1.807, 2.05) is 12.2 Å². The first-order chi connectivity index (χ1) is 51.7. The Morgan fingerprint density at radius 2 is 0.500 bits per heavy atom. The smallest absolute Gasteiger partial charge is 0.462 e. The Bertz CT molecular complexity index is 2580. The second-order valence-electron chi connectivity index (χ2n) is 26.9. The minimum atomic E-state index is -5.00. The molecule has 0 aliphatic carbocycles. The van der Waals surface area contributed by atoms with Gasteiger partial charge in [0.15, 0.2) is 12.2 Å². The van der Waals surface area contributed by atoms with Crippen molar-refractivity contribution in [3.8, 4) is 0 Å². The van der Waals surface area contributed by atoms with Crippen molar-refractivity contribution in [3.63, 3.8) is 0 Å². The van der Waals surface area contributed by atoms with Gasteiger partial charge in [-0.05, 0) is 161 Å². The molecule has 0 fully saturated rings. The Kier molecular flexibility index (Phi) is 74.3. The van der Waals surface area contributed by atoms with E-state index in [2.05, 4.69) is 161 Å². The second-order valence-corrected chi connectivity index (χ2v) is 29.8. The predicted octanol–water partition coefficient (Wildman–Crippen LogP) is 24.2. The van der Waals surface area contributed by atoms with Crippen LogP contribution in [0.3, 0.4) is 0 Å². The number of carbonyl (C=O) groups is 4. The highest BCUT2D eigenvalue weighted by molar-refractivity contribution is 7.47. The van der Waals surface area contributed by atoms with Crippen molar-refractivity contribution in [3.05, 3.63) is 146 Å². The largest absolute Gasteiger partial charge is 0.472 e. The first kappa shape index (κ1) is 101. The van der Waals surface area contributed by atoms with Gasteiger partial charge >= 0.3 is 39.5 Å². The van der Waals surface area contributed by atoms with Crippen LogP contribution in [0.4, 0.5) is 0 Å².